The fourth-order valence-corrected chi connectivity index (χ4v) is 3.24. The molecule has 0 saturated carbocycles. The van der Waals surface area contributed by atoms with E-state index in [-0.39, 0.29) is 5.76 Å². The van der Waals surface area contributed by atoms with E-state index in [4.69, 9.17) is 5.41 Å². The number of nitrogens with one attached hydrogen (secondary N) is 1. The number of thiazole rings is 1. The summed E-state index contributed by atoms with van der Waals surface area (Å²) in [4.78, 5) is 6.13. The summed E-state index contributed by atoms with van der Waals surface area (Å²) >= 11 is 4.84. The zero-order chi connectivity index (χ0) is 14.3. The molecule has 0 atom stereocenters. The van der Waals surface area contributed by atoms with Gasteiger partial charge in [0.25, 0.3) is 0 Å². The van der Waals surface area contributed by atoms with Crippen molar-refractivity contribution in [1.82, 2.24) is 4.98 Å². The van der Waals surface area contributed by atoms with Gasteiger partial charge in [-0.2, -0.15) is 0 Å². The molecule has 2 aromatic rings. The van der Waals surface area contributed by atoms with Gasteiger partial charge in [0.2, 0.25) is 0 Å². The summed E-state index contributed by atoms with van der Waals surface area (Å²) in [5.74, 6) is 0.492. The average Bonchev–Trinajstić information content (AvgIpc) is 2.95. The summed E-state index contributed by atoms with van der Waals surface area (Å²) < 4.78 is 0.986. The molecule has 2 heterocycles. The maximum absolute atomic E-state index is 10.2. The van der Waals surface area contributed by atoms with Crippen molar-refractivity contribution in [3.05, 3.63) is 50.6 Å². The Kier molecular flexibility index (Phi) is 3.35. The zero-order valence-electron chi connectivity index (χ0n) is 10.7. The highest BCUT2D eigenvalue weighted by molar-refractivity contribution is 9.10. The van der Waals surface area contributed by atoms with Crippen molar-refractivity contribution >= 4 is 44.4 Å². The molecule has 20 heavy (non-hydrogen) atoms. The number of anilines is 1. The first-order valence-corrected chi connectivity index (χ1v) is 7.70. The summed E-state index contributed by atoms with van der Waals surface area (Å²) in [5.41, 5.74) is 2.32. The minimum Gasteiger partial charge on any atom is -0.510 e. The third-order valence-corrected chi connectivity index (χ3v) is 4.58. The van der Waals surface area contributed by atoms with Gasteiger partial charge in [0.05, 0.1) is 12.1 Å². The molecule has 0 saturated heterocycles. The molecular formula is C14H12BrN3OS. The van der Waals surface area contributed by atoms with E-state index >= 15 is 0 Å². The van der Waals surface area contributed by atoms with E-state index in [0.717, 1.165) is 15.9 Å². The monoisotopic (exact) mass is 349 g/mol. The second-order valence-corrected chi connectivity index (χ2v) is 6.30. The molecule has 1 aromatic heterocycles. The molecule has 0 bridgehead atoms. The van der Waals surface area contributed by atoms with Crippen LogP contribution in [0.1, 0.15) is 10.7 Å². The Morgan fingerprint density at radius 2 is 2.05 bits per heavy atom. The number of aliphatic hydroxyl groups is 1. The smallest absolute Gasteiger partial charge is 0.139 e. The van der Waals surface area contributed by atoms with E-state index in [2.05, 4.69) is 20.9 Å². The Morgan fingerprint density at radius 3 is 2.65 bits per heavy atom. The van der Waals surface area contributed by atoms with Crippen LogP contribution in [0.3, 0.4) is 0 Å². The Labute approximate surface area is 129 Å². The third kappa shape index (κ3) is 2.25. The molecule has 1 aromatic carbocycles. The molecule has 1 aliphatic heterocycles. The molecule has 0 spiro atoms. The molecule has 0 fully saturated rings. The van der Waals surface area contributed by atoms with E-state index in [9.17, 15) is 5.11 Å². The Morgan fingerprint density at radius 1 is 1.35 bits per heavy atom. The number of nitrogens with zero attached hydrogens (tertiary/aromatic N) is 2. The number of hydrogen-bond donors (Lipinski definition) is 2. The van der Waals surface area contributed by atoms with Crippen LogP contribution in [0, 0.1) is 12.3 Å². The van der Waals surface area contributed by atoms with Gasteiger partial charge in [-0.1, -0.05) is 15.9 Å². The largest absolute Gasteiger partial charge is 0.510 e. The van der Waals surface area contributed by atoms with E-state index in [1.165, 1.54) is 11.3 Å². The van der Waals surface area contributed by atoms with E-state index in [1.807, 2.05) is 36.6 Å². The minimum atomic E-state index is 0.201. The lowest BCUT2D eigenvalue weighted by Crippen LogP contribution is -2.25. The van der Waals surface area contributed by atoms with Gasteiger partial charge in [0.15, 0.2) is 0 Å². The van der Waals surface area contributed by atoms with Crippen LogP contribution in [0.15, 0.2) is 39.9 Å². The van der Waals surface area contributed by atoms with Gasteiger partial charge in [0.1, 0.15) is 16.6 Å². The van der Waals surface area contributed by atoms with Crippen LogP contribution in [-0.4, -0.2) is 22.5 Å². The van der Waals surface area contributed by atoms with E-state index < -0.39 is 0 Å². The summed E-state index contributed by atoms with van der Waals surface area (Å²) in [5, 5.41) is 21.1. The van der Waals surface area contributed by atoms with Gasteiger partial charge in [-0.15, -0.1) is 11.3 Å². The number of amidine groups is 1. The molecular weight excluding hydrogens is 338 g/mol. The first-order valence-electron chi connectivity index (χ1n) is 6.03. The Bertz CT molecular complexity index is 705. The summed E-state index contributed by atoms with van der Waals surface area (Å²) in [7, 11) is 0. The van der Waals surface area contributed by atoms with Crippen LogP contribution in [0.5, 0.6) is 0 Å². The highest BCUT2D eigenvalue weighted by Crippen LogP contribution is 2.32. The summed E-state index contributed by atoms with van der Waals surface area (Å²) in [6.45, 7) is 2.22. The number of aryl methyl sites for hydroxylation is 1. The van der Waals surface area contributed by atoms with Crippen LogP contribution in [0.2, 0.25) is 0 Å². The topological polar surface area (TPSA) is 60.2 Å². The summed E-state index contributed by atoms with van der Waals surface area (Å²) in [6.07, 6.45) is 0. The lowest BCUT2D eigenvalue weighted by Gasteiger charge is -2.18. The maximum atomic E-state index is 10.2. The van der Waals surface area contributed by atoms with Crippen molar-refractivity contribution in [2.75, 3.05) is 11.4 Å². The molecule has 6 heteroatoms. The van der Waals surface area contributed by atoms with Crippen molar-refractivity contribution in [1.29, 1.82) is 5.41 Å². The number of aromatic nitrogens is 1. The summed E-state index contributed by atoms with van der Waals surface area (Å²) in [6, 6.07) is 7.68. The maximum Gasteiger partial charge on any atom is 0.139 e. The first-order chi connectivity index (χ1) is 9.56. The quantitative estimate of drug-likeness (QED) is 0.861. The minimum absolute atomic E-state index is 0.201. The highest BCUT2D eigenvalue weighted by Gasteiger charge is 2.30. The number of halogens is 1. The van der Waals surface area contributed by atoms with Crippen molar-refractivity contribution < 1.29 is 5.11 Å². The molecule has 0 unspecified atom stereocenters. The van der Waals surface area contributed by atoms with Gasteiger partial charge in [-0.3, -0.25) is 5.41 Å². The van der Waals surface area contributed by atoms with E-state index in [0.29, 0.717) is 23.0 Å². The molecule has 0 aliphatic carbocycles. The number of hydrogen-bond acceptors (Lipinski definition) is 4. The normalized spacial score (nSPS) is 15.3. The second-order valence-electron chi connectivity index (χ2n) is 4.53. The van der Waals surface area contributed by atoms with Crippen molar-refractivity contribution in [3.63, 3.8) is 0 Å². The van der Waals surface area contributed by atoms with Gasteiger partial charge in [0, 0.05) is 21.2 Å². The van der Waals surface area contributed by atoms with Gasteiger partial charge in [-0.05, 0) is 31.2 Å². The molecule has 0 amide bonds. The standard InChI is InChI=1S/C14H12BrN3OS/c1-8-7-20-14(17-8)12-11(19)6-18(13(12)16)10-4-2-9(15)3-5-10/h2-5,7,16,19H,6H2,1H3. The fraction of sp³-hybridized carbons (Fsp3) is 0.143. The molecule has 4 nitrogen and oxygen atoms in total. The molecule has 3 rings (SSSR count). The number of rotatable bonds is 2. The third-order valence-electron chi connectivity index (χ3n) is 3.07. The van der Waals surface area contributed by atoms with Crippen LogP contribution >= 0.6 is 27.3 Å². The predicted octanol–water partition coefficient (Wildman–Crippen LogP) is 3.98. The van der Waals surface area contributed by atoms with Crippen molar-refractivity contribution in [2.45, 2.75) is 6.92 Å². The van der Waals surface area contributed by atoms with Gasteiger partial charge < -0.3 is 10.0 Å². The molecule has 102 valence electrons. The SMILES string of the molecule is Cc1csc(C2=C(O)CN(c3ccc(Br)cc3)C2=N)n1. The second kappa shape index (κ2) is 5.03. The number of benzene rings is 1. The van der Waals surface area contributed by atoms with Crippen LogP contribution in [0.25, 0.3) is 5.57 Å². The zero-order valence-corrected chi connectivity index (χ0v) is 13.1. The van der Waals surface area contributed by atoms with Crippen molar-refractivity contribution in [3.8, 4) is 0 Å². The molecule has 0 radical (unpaired) electrons. The first kappa shape index (κ1) is 13.3. The molecule has 1 aliphatic rings. The van der Waals surface area contributed by atoms with Gasteiger partial charge >= 0.3 is 0 Å². The lowest BCUT2D eigenvalue weighted by atomic mass is 10.2. The lowest BCUT2D eigenvalue weighted by molar-refractivity contribution is 0.411. The average molecular weight is 350 g/mol. The van der Waals surface area contributed by atoms with E-state index in [1.54, 1.807) is 4.90 Å². The van der Waals surface area contributed by atoms with Crippen LogP contribution < -0.4 is 4.90 Å². The fourth-order valence-electron chi connectivity index (χ4n) is 2.11. The van der Waals surface area contributed by atoms with Crippen LogP contribution in [-0.2, 0) is 0 Å². The van der Waals surface area contributed by atoms with Crippen molar-refractivity contribution in [2.24, 2.45) is 0 Å². The van der Waals surface area contributed by atoms with Crippen LogP contribution in [0.4, 0.5) is 5.69 Å². The highest BCUT2D eigenvalue weighted by atomic mass is 79.9. The Balaban J connectivity index is 1.94. The Hall–Kier alpha value is -1.66. The molecule has 2 N–H and O–H groups in total. The predicted molar refractivity (Wildman–Crippen MR) is 85.6 cm³/mol. The van der Waals surface area contributed by atoms with Gasteiger partial charge in [-0.25, -0.2) is 4.98 Å². The number of aliphatic hydroxyl groups excluding tert-OH is 1.